The van der Waals surface area contributed by atoms with E-state index in [-0.39, 0.29) is 17.9 Å². The largest absolute Gasteiger partial charge is 0.482 e. The van der Waals surface area contributed by atoms with E-state index < -0.39 is 11.9 Å². The molecule has 0 bridgehead atoms. The first-order chi connectivity index (χ1) is 11.5. The molecule has 0 amide bonds. The summed E-state index contributed by atoms with van der Waals surface area (Å²) in [4.78, 5) is 23.1. The van der Waals surface area contributed by atoms with Crippen molar-refractivity contribution < 1.29 is 24.2 Å². The van der Waals surface area contributed by atoms with Crippen LogP contribution in [0, 0.1) is 0 Å². The van der Waals surface area contributed by atoms with Crippen LogP contribution >= 0.6 is 0 Å². The lowest BCUT2D eigenvalue weighted by Gasteiger charge is -2.15. The summed E-state index contributed by atoms with van der Waals surface area (Å²) in [6.07, 6.45) is 0.955. The zero-order valence-electron chi connectivity index (χ0n) is 13.7. The number of aromatic carboxylic acids is 1. The molecule has 24 heavy (non-hydrogen) atoms. The van der Waals surface area contributed by atoms with E-state index in [1.807, 2.05) is 18.2 Å². The van der Waals surface area contributed by atoms with Gasteiger partial charge in [-0.25, -0.2) is 9.59 Å². The number of esters is 1. The molecule has 2 rings (SSSR count). The normalized spacial score (nSPS) is 11.6. The number of hydrogen-bond donors (Lipinski definition) is 1. The number of benzene rings is 2. The number of ether oxygens (including phenoxy) is 2. The van der Waals surface area contributed by atoms with E-state index in [9.17, 15) is 9.59 Å². The van der Waals surface area contributed by atoms with Gasteiger partial charge in [0.25, 0.3) is 0 Å². The van der Waals surface area contributed by atoms with Crippen molar-refractivity contribution >= 4 is 11.9 Å². The van der Waals surface area contributed by atoms with Crippen LogP contribution < -0.4 is 9.47 Å². The number of carboxylic acids is 1. The number of rotatable bonds is 7. The molecule has 1 atom stereocenters. The first-order valence-corrected chi connectivity index (χ1v) is 7.77. The average molecular weight is 328 g/mol. The molecule has 126 valence electrons. The van der Waals surface area contributed by atoms with Gasteiger partial charge in [0, 0.05) is 0 Å². The van der Waals surface area contributed by atoms with E-state index in [0.29, 0.717) is 11.7 Å². The Balaban J connectivity index is 2.04. The third-order valence-electron chi connectivity index (χ3n) is 3.75. The second kappa shape index (κ2) is 8.15. The second-order valence-corrected chi connectivity index (χ2v) is 5.41. The summed E-state index contributed by atoms with van der Waals surface area (Å²) in [6, 6.07) is 13.5. The molecule has 0 spiro atoms. The van der Waals surface area contributed by atoms with Gasteiger partial charge in [-0.1, -0.05) is 44.2 Å². The van der Waals surface area contributed by atoms with Gasteiger partial charge in [0.2, 0.25) is 0 Å². The fourth-order valence-corrected chi connectivity index (χ4v) is 2.26. The standard InChI is InChI=1S/C19H20O5/c1-3-13(2)14-8-4-6-10-16(14)23-12-18(20)24-17-11-7-5-9-15(17)19(21)22/h4-11,13H,3,12H2,1-2H3,(H,21,22). The smallest absolute Gasteiger partial charge is 0.349 e. The highest BCUT2D eigenvalue weighted by Crippen LogP contribution is 2.28. The van der Waals surface area contributed by atoms with E-state index in [2.05, 4.69) is 13.8 Å². The minimum atomic E-state index is -1.15. The third kappa shape index (κ3) is 4.35. The van der Waals surface area contributed by atoms with Crippen LogP contribution in [0.4, 0.5) is 0 Å². The first kappa shape index (κ1) is 17.5. The Morgan fingerprint density at radius 1 is 1.04 bits per heavy atom. The van der Waals surface area contributed by atoms with Crippen LogP contribution in [0.25, 0.3) is 0 Å². The van der Waals surface area contributed by atoms with Crippen LogP contribution in [-0.2, 0) is 4.79 Å². The Kier molecular flexibility index (Phi) is 5.95. The van der Waals surface area contributed by atoms with Crippen molar-refractivity contribution in [2.75, 3.05) is 6.61 Å². The summed E-state index contributed by atoms with van der Waals surface area (Å²) < 4.78 is 10.7. The Hall–Kier alpha value is -2.82. The Morgan fingerprint density at radius 2 is 1.67 bits per heavy atom. The van der Waals surface area contributed by atoms with Gasteiger partial charge >= 0.3 is 11.9 Å². The minimum absolute atomic E-state index is 0.00816. The molecule has 0 aliphatic carbocycles. The zero-order valence-corrected chi connectivity index (χ0v) is 13.7. The lowest BCUT2D eigenvalue weighted by atomic mass is 9.98. The van der Waals surface area contributed by atoms with Gasteiger partial charge in [0.15, 0.2) is 6.61 Å². The van der Waals surface area contributed by atoms with Crippen molar-refractivity contribution in [1.29, 1.82) is 0 Å². The van der Waals surface area contributed by atoms with Crippen molar-refractivity contribution in [1.82, 2.24) is 0 Å². The Labute approximate surface area is 140 Å². The summed E-state index contributed by atoms with van der Waals surface area (Å²) >= 11 is 0. The van der Waals surface area contributed by atoms with Crippen LogP contribution in [0.1, 0.15) is 42.1 Å². The molecule has 0 aliphatic heterocycles. The van der Waals surface area contributed by atoms with Crippen molar-refractivity contribution in [3.63, 3.8) is 0 Å². The fourth-order valence-electron chi connectivity index (χ4n) is 2.26. The summed E-state index contributed by atoms with van der Waals surface area (Å²) in [5, 5.41) is 9.09. The summed E-state index contributed by atoms with van der Waals surface area (Å²) in [7, 11) is 0. The maximum Gasteiger partial charge on any atom is 0.349 e. The van der Waals surface area contributed by atoms with Crippen LogP contribution in [-0.4, -0.2) is 23.7 Å². The second-order valence-electron chi connectivity index (χ2n) is 5.41. The van der Waals surface area contributed by atoms with Crippen LogP contribution in [0.5, 0.6) is 11.5 Å². The van der Waals surface area contributed by atoms with E-state index in [4.69, 9.17) is 14.6 Å². The highest BCUT2D eigenvalue weighted by molar-refractivity contribution is 5.92. The SMILES string of the molecule is CCC(C)c1ccccc1OCC(=O)Oc1ccccc1C(=O)O. The lowest BCUT2D eigenvalue weighted by Crippen LogP contribution is -2.19. The fraction of sp³-hybridized carbons (Fsp3) is 0.263. The molecule has 5 heteroatoms. The highest BCUT2D eigenvalue weighted by atomic mass is 16.6. The monoisotopic (exact) mass is 328 g/mol. The lowest BCUT2D eigenvalue weighted by molar-refractivity contribution is -0.136. The van der Waals surface area contributed by atoms with Gasteiger partial charge in [0.1, 0.15) is 17.1 Å². The molecule has 0 fully saturated rings. The predicted octanol–water partition coefficient (Wildman–Crippen LogP) is 3.88. The van der Waals surface area contributed by atoms with Crippen molar-refractivity contribution in [3.05, 3.63) is 59.7 Å². The molecule has 0 radical (unpaired) electrons. The van der Waals surface area contributed by atoms with Gasteiger partial charge in [-0.15, -0.1) is 0 Å². The van der Waals surface area contributed by atoms with Gasteiger partial charge in [-0.05, 0) is 36.1 Å². The Morgan fingerprint density at radius 3 is 2.33 bits per heavy atom. The maximum absolute atomic E-state index is 12.0. The van der Waals surface area contributed by atoms with E-state index >= 15 is 0 Å². The molecule has 1 unspecified atom stereocenters. The molecule has 1 N–H and O–H groups in total. The van der Waals surface area contributed by atoms with Crippen molar-refractivity contribution in [2.45, 2.75) is 26.2 Å². The summed E-state index contributed by atoms with van der Waals surface area (Å²) in [6.45, 7) is 3.88. The predicted molar refractivity (Wildman–Crippen MR) is 89.7 cm³/mol. The quantitative estimate of drug-likeness (QED) is 0.617. The molecular formula is C19H20O5. The van der Waals surface area contributed by atoms with Gasteiger partial charge in [0.05, 0.1) is 0 Å². The van der Waals surface area contributed by atoms with Crippen LogP contribution in [0.3, 0.4) is 0 Å². The van der Waals surface area contributed by atoms with Crippen LogP contribution in [0.2, 0.25) is 0 Å². The van der Waals surface area contributed by atoms with Crippen molar-refractivity contribution in [2.24, 2.45) is 0 Å². The zero-order chi connectivity index (χ0) is 17.5. The highest BCUT2D eigenvalue weighted by Gasteiger charge is 2.15. The molecule has 2 aromatic carbocycles. The molecular weight excluding hydrogens is 308 g/mol. The van der Waals surface area contributed by atoms with E-state index in [1.54, 1.807) is 18.2 Å². The number of carboxylic acid groups (broad SMARTS) is 1. The first-order valence-electron chi connectivity index (χ1n) is 7.77. The molecule has 0 saturated carbocycles. The summed E-state index contributed by atoms with van der Waals surface area (Å²) in [5.41, 5.74) is 0.963. The number of carbonyl (C=O) groups is 2. The molecule has 0 heterocycles. The van der Waals surface area contributed by atoms with Gasteiger partial charge in [-0.2, -0.15) is 0 Å². The molecule has 2 aromatic rings. The van der Waals surface area contributed by atoms with Crippen molar-refractivity contribution in [3.8, 4) is 11.5 Å². The van der Waals surface area contributed by atoms with E-state index in [0.717, 1.165) is 12.0 Å². The van der Waals surface area contributed by atoms with Gasteiger partial charge < -0.3 is 14.6 Å². The molecule has 5 nitrogen and oxygen atoms in total. The molecule has 0 aromatic heterocycles. The topological polar surface area (TPSA) is 72.8 Å². The number of carbonyl (C=O) groups excluding carboxylic acids is 1. The number of hydrogen-bond acceptors (Lipinski definition) is 4. The number of para-hydroxylation sites is 2. The minimum Gasteiger partial charge on any atom is -0.482 e. The third-order valence-corrected chi connectivity index (χ3v) is 3.75. The van der Waals surface area contributed by atoms with E-state index in [1.165, 1.54) is 12.1 Å². The Bertz CT molecular complexity index is 723. The summed E-state index contributed by atoms with van der Waals surface area (Å²) in [5.74, 6) is -0.849. The average Bonchev–Trinajstić information content (AvgIpc) is 2.59. The maximum atomic E-state index is 12.0. The van der Waals surface area contributed by atoms with Crippen LogP contribution in [0.15, 0.2) is 48.5 Å². The molecule has 0 aliphatic rings. The molecule has 0 saturated heterocycles. The van der Waals surface area contributed by atoms with Gasteiger partial charge in [-0.3, -0.25) is 0 Å².